The third kappa shape index (κ3) is 3.43. The van der Waals surface area contributed by atoms with Gasteiger partial charge in [0.15, 0.2) is 5.76 Å². The quantitative estimate of drug-likeness (QED) is 0.616. The highest BCUT2D eigenvalue weighted by Gasteiger charge is 2.25. The van der Waals surface area contributed by atoms with Crippen LogP contribution in [0.2, 0.25) is 0 Å². The lowest BCUT2D eigenvalue weighted by atomic mass is 10.3. The van der Waals surface area contributed by atoms with Gasteiger partial charge in [-0.1, -0.05) is 9.55 Å². The Morgan fingerprint density at radius 1 is 1.64 bits per heavy atom. The van der Waals surface area contributed by atoms with Crippen molar-refractivity contribution in [2.45, 2.75) is 25.5 Å². The summed E-state index contributed by atoms with van der Waals surface area (Å²) in [6, 6.07) is 1.66. The average molecular weight is 279 g/mol. The van der Waals surface area contributed by atoms with Crippen LogP contribution in [0, 0.1) is 0 Å². The molecule has 1 heterocycles. The molecule has 0 aromatic carbocycles. The summed E-state index contributed by atoms with van der Waals surface area (Å²) in [7, 11) is 0. The fraction of sp³-hybridized carbons (Fsp3) is 0.500. The predicted octanol–water partition coefficient (Wildman–Crippen LogP) is 2.32. The van der Waals surface area contributed by atoms with Gasteiger partial charge in [-0.2, -0.15) is 0 Å². The first-order chi connectivity index (χ1) is 6.39. The molecule has 0 spiro atoms. The molecule has 0 unspecified atom stereocenters. The molecule has 0 radical (unpaired) electrons. The highest BCUT2D eigenvalue weighted by atomic mass is 79.9. The molecular weight excluding hydrogens is 268 g/mol. The summed E-state index contributed by atoms with van der Waals surface area (Å²) in [5.41, 5.74) is 0. The lowest BCUT2D eigenvalue weighted by Gasteiger charge is -2.17. The number of hydrogen-bond donors (Lipinski definition) is 0. The first kappa shape index (κ1) is 11.7. The van der Waals surface area contributed by atoms with Crippen LogP contribution in [0.5, 0.6) is 0 Å². The topological polar surface area (TPSA) is 61.5 Å². The second kappa shape index (κ2) is 4.46. The van der Waals surface area contributed by atoms with Crippen molar-refractivity contribution in [3.05, 3.63) is 16.4 Å². The summed E-state index contributed by atoms with van der Waals surface area (Å²) in [4.78, 5) is 0. The van der Waals surface area contributed by atoms with Crippen LogP contribution in [0.4, 0.5) is 0 Å². The van der Waals surface area contributed by atoms with Gasteiger partial charge in [0.25, 0.3) is 0 Å². The van der Waals surface area contributed by atoms with E-state index in [1.54, 1.807) is 6.07 Å². The van der Waals surface area contributed by atoms with Crippen molar-refractivity contribution in [1.82, 2.24) is 5.16 Å². The standard InChI is InChI=1S/C8H11BrN2O2S/c1-8(2,3)14(12)10-5-6-4-7(9)11-13-6/h4-5H,1-3H3/b10-5+/t14-/m1/s1. The minimum absolute atomic E-state index is 0.353. The van der Waals surface area contributed by atoms with Crippen molar-refractivity contribution in [3.63, 3.8) is 0 Å². The lowest BCUT2D eigenvalue weighted by molar-refractivity contribution is 0.411. The molecule has 4 nitrogen and oxygen atoms in total. The molecular formula is C8H11BrN2O2S. The van der Waals surface area contributed by atoms with Gasteiger partial charge in [0.05, 0.1) is 0 Å². The second-order valence-electron chi connectivity index (χ2n) is 3.65. The van der Waals surface area contributed by atoms with Crippen molar-refractivity contribution < 1.29 is 9.08 Å². The molecule has 1 aromatic heterocycles. The summed E-state index contributed by atoms with van der Waals surface area (Å²) >= 11 is 1.87. The van der Waals surface area contributed by atoms with E-state index < -0.39 is 11.4 Å². The van der Waals surface area contributed by atoms with E-state index in [-0.39, 0.29) is 4.75 Å². The maximum atomic E-state index is 11.5. The number of nitrogens with zero attached hydrogens (tertiary/aromatic N) is 2. The van der Waals surface area contributed by atoms with Crippen molar-refractivity contribution >= 4 is 33.5 Å². The van der Waals surface area contributed by atoms with Crippen LogP contribution in [0.1, 0.15) is 26.5 Å². The molecule has 1 aromatic rings. The van der Waals surface area contributed by atoms with Crippen molar-refractivity contribution in [2.75, 3.05) is 0 Å². The Morgan fingerprint density at radius 2 is 2.29 bits per heavy atom. The molecule has 0 fully saturated rings. The van der Waals surface area contributed by atoms with E-state index in [1.807, 2.05) is 20.8 Å². The summed E-state index contributed by atoms with van der Waals surface area (Å²) in [5, 5.41) is 3.61. The van der Waals surface area contributed by atoms with Gasteiger partial charge in [-0.3, -0.25) is 0 Å². The Hall–Kier alpha value is -0.330. The Labute approximate surface area is 94.2 Å². The van der Waals surface area contributed by atoms with Gasteiger partial charge in [0.2, 0.25) is 0 Å². The number of aromatic nitrogens is 1. The molecule has 1 atom stereocenters. The van der Waals surface area contributed by atoms with Crippen LogP contribution in [-0.2, 0) is 11.4 Å². The third-order valence-electron chi connectivity index (χ3n) is 1.30. The first-order valence-electron chi connectivity index (χ1n) is 3.98. The zero-order valence-corrected chi connectivity index (χ0v) is 10.6. The molecule has 0 N–H and O–H groups in total. The summed E-state index contributed by atoms with van der Waals surface area (Å²) < 4.78 is 20.4. The summed E-state index contributed by atoms with van der Waals surface area (Å²) in [6.07, 6.45) is 1.42. The molecule has 0 aliphatic rings. The Kier molecular flexibility index (Phi) is 3.74. The van der Waals surface area contributed by atoms with Crippen LogP contribution in [-0.4, -0.2) is 20.7 Å². The maximum absolute atomic E-state index is 11.5. The first-order valence-corrected chi connectivity index (χ1v) is 5.88. The molecule has 0 saturated carbocycles. The highest BCUT2D eigenvalue weighted by Crippen LogP contribution is 2.17. The van der Waals surface area contributed by atoms with Gasteiger partial charge in [0.1, 0.15) is 26.9 Å². The van der Waals surface area contributed by atoms with Crippen LogP contribution in [0.25, 0.3) is 0 Å². The zero-order chi connectivity index (χ0) is 10.8. The van der Waals surface area contributed by atoms with Crippen molar-refractivity contribution in [1.29, 1.82) is 0 Å². The van der Waals surface area contributed by atoms with E-state index >= 15 is 0 Å². The van der Waals surface area contributed by atoms with Crippen LogP contribution < -0.4 is 0 Å². The molecule has 14 heavy (non-hydrogen) atoms. The van der Waals surface area contributed by atoms with Gasteiger partial charge >= 0.3 is 0 Å². The average Bonchev–Trinajstić information content (AvgIpc) is 2.45. The van der Waals surface area contributed by atoms with E-state index in [2.05, 4.69) is 25.5 Å². The normalized spacial score (nSPS) is 14.9. The molecule has 0 saturated heterocycles. The molecule has 0 amide bonds. The van der Waals surface area contributed by atoms with E-state index in [4.69, 9.17) is 4.52 Å². The van der Waals surface area contributed by atoms with Crippen molar-refractivity contribution in [2.24, 2.45) is 4.40 Å². The van der Waals surface area contributed by atoms with E-state index in [9.17, 15) is 4.55 Å². The minimum atomic E-state index is -1.26. The fourth-order valence-corrected chi connectivity index (χ4v) is 1.40. The van der Waals surface area contributed by atoms with E-state index in [0.29, 0.717) is 10.4 Å². The number of halogens is 1. The van der Waals surface area contributed by atoms with Gasteiger partial charge in [-0.05, 0) is 36.7 Å². The SMILES string of the molecule is CC(C)(C)[S@@+]([O-])/N=C/c1cc(Br)no1. The molecule has 6 heteroatoms. The largest absolute Gasteiger partial charge is 0.591 e. The van der Waals surface area contributed by atoms with Gasteiger partial charge in [-0.25, -0.2) is 0 Å². The van der Waals surface area contributed by atoms with E-state index in [1.165, 1.54) is 6.21 Å². The smallest absolute Gasteiger partial charge is 0.183 e. The summed E-state index contributed by atoms with van der Waals surface area (Å²) in [5.74, 6) is 0.481. The van der Waals surface area contributed by atoms with Crippen molar-refractivity contribution in [3.8, 4) is 0 Å². The zero-order valence-electron chi connectivity index (χ0n) is 8.15. The molecule has 0 aliphatic carbocycles. The van der Waals surface area contributed by atoms with Crippen LogP contribution in [0.15, 0.2) is 19.6 Å². The molecule has 78 valence electrons. The van der Waals surface area contributed by atoms with Gasteiger partial charge in [-0.15, -0.1) is 0 Å². The third-order valence-corrected chi connectivity index (χ3v) is 3.02. The van der Waals surface area contributed by atoms with Crippen LogP contribution in [0.3, 0.4) is 0 Å². The Balaban J connectivity index is 2.65. The number of hydrogen-bond acceptors (Lipinski definition) is 4. The Bertz CT molecular complexity index is 332. The molecule has 1 rings (SSSR count). The lowest BCUT2D eigenvalue weighted by Crippen LogP contribution is -2.25. The maximum Gasteiger partial charge on any atom is 0.183 e. The van der Waals surface area contributed by atoms with E-state index in [0.717, 1.165) is 0 Å². The predicted molar refractivity (Wildman–Crippen MR) is 59.7 cm³/mol. The monoisotopic (exact) mass is 278 g/mol. The van der Waals surface area contributed by atoms with Crippen LogP contribution >= 0.6 is 15.9 Å². The fourth-order valence-electron chi connectivity index (χ4n) is 0.585. The van der Waals surface area contributed by atoms with Gasteiger partial charge in [0, 0.05) is 6.07 Å². The summed E-state index contributed by atoms with van der Waals surface area (Å²) in [6.45, 7) is 5.57. The minimum Gasteiger partial charge on any atom is -0.591 e. The second-order valence-corrected chi connectivity index (χ2v) is 6.39. The van der Waals surface area contributed by atoms with Gasteiger partial charge < -0.3 is 9.08 Å². The number of rotatable bonds is 2. The molecule has 0 bridgehead atoms. The molecule has 0 aliphatic heterocycles. The Morgan fingerprint density at radius 3 is 2.71 bits per heavy atom. The highest BCUT2D eigenvalue weighted by molar-refractivity contribution is 9.10.